The highest BCUT2D eigenvalue weighted by atomic mass is 32.2. The van der Waals surface area contributed by atoms with Crippen molar-refractivity contribution in [1.29, 1.82) is 0 Å². The maximum absolute atomic E-state index is 12.8. The molecule has 0 aliphatic carbocycles. The summed E-state index contributed by atoms with van der Waals surface area (Å²) >= 11 is 1.77. The molecule has 7 heteroatoms. The monoisotopic (exact) mass is 387 g/mol. The number of carbonyl (C=O) groups is 1. The third-order valence-corrected chi connectivity index (χ3v) is 6.08. The maximum atomic E-state index is 12.8. The third-order valence-electron chi connectivity index (χ3n) is 4.80. The fourth-order valence-corrected chi connectivity index (χ4v) is 4.54. The Morgan fingerprint density at radius 3 is 2.78 bits per heavy atom. The topological polar surface area (TPSA) is 53.4 Å². The second kappa shape index (κ2) is 9.39. The number of nitrogens with zero attached hydrogens (tertiary/aromatic N) is 4. The number of carbonyl (C=O) groups excluding carboxylic acids is 1. The van der Waals surface area contributed by atoms with E-state index >= 15 is 0 Å². The zero-order valence-corrected chi connectivity index (χ0v) is 17.2. The SMILES string of the molecule is CN(C)CCNC(=O)[C@@H]1C[C@@H](Sc2nccn2C)CN1Cc1ccccc1. The quantitative estimate of drug-likeness (QED) is 0.749. The largest absolute Gasteiger partial charge is 0.353 e. The first-order chi connectivity index (χ1) is 13.0. The smallest absolute Gasteiger partial charge is 0.237 e. The first-order valence-corrected chi connectivity index (χ1v) is 10.3. The molecule has 1 amide bonds. The van der Waals surface area contributed by atoms with E-state index in [2.05, 4.69) is 44.4 Å². The Labute approximate surface area is 165 Å². The number of aryl methyl sites for hydroxylation is 1. The fraction of sp³-hybridized carbons (Fsp3) is 0.500. The van der Waals surface area contributed by atoms with Gasteiger partial charge in [0.2, 0.25) is 5.91 Å². The van der Waals surface area contributed by atoms with Crippen LogP contribution in [0, 0.1) is 0 Å². The van der Waals surface area contributed by atoms with Crippen molar-refractivity contribution < 1.29 is 4.79 Å². The molecule has 1 aromatic carbocycles. The summed E-state index contributed by atoms with van der Waals surface area (Å²) in [7, 11) is 6.05. The molecule has 27 heavy (non-hydrogen) atoms. The molecule has 1 aliphatic rings. The minimum absolute atomic E-state index is 0.0925. The van der Waals surface area contributed by atoms with E-state index in [-0.39, 0.29) is 11.9 Å². The van der Waals surface area contributed by atoms with Gasteiger partial charge in [-0.2, -0.15) is 0 Å². The first-order valence-electron chi connectivity index (χ1n) is 9.37. The number of likely N-dealkylation sites (tertiary alicyclic amines) is 1. The molecule has 1 aliphatic heterocycles. The van der Waals surface area contributed by atoms with Gasteiger partial charge in [-0.1, -0.05) is 42.1 Å². The fourth-order valence-electron chi connectivity index (χ4n) is 3.35. The number of hydrogen-bond donors (Lipinski definition) is 1. The molecule has 1 fully saturated rings. The number of hydrogen-bond acceptors (Lipinski definition) is 5. The molecule has 1 saturated heterocycles. The predicted octanol–water partition coefficient (Wildman–Crippen LogP) is 1.83. The van der Waals surface area contributed by atoms with Crippen LogP contribution in [0.5, 0.6) is 0 Å². The summed E-state index contributed by atoms with van der Waals surface area (Å²) in [5.74, 6) is 0.135. The van der Waals surface area contributed by atoms with Crippen LogP contribution in [0.25, 0.3) is 0 Å². The van der Waals surface area contributed by atoms with Crippen molar-refractivity contribution in [1.82, 2.24) is 24.7 Å². The lowest BCUT2D eigenvalue weighted by molar-refractivity contribution is -0.125. The van der Waals surface area contributed by atoms with Gasteiger partial charge in [0, 0.05) is 50.9 Å². The van der Waals surface area contributed by atoms with Gasteiger partial charge in [-0.25, -0.2) is 4.98 Å². The van der Waals surface area contributed by atoms with Gasteiger partial charge in [0.15, 0.2) is 5.16 Å². The second-order valence-electron chi connectivity index (χ2n) is 7.32. The average molecular weight is 388 g/mol. The molecule has 0 spiro atoms. The van der Waals surface area contributed by atoms with Gasteiger partial charge in [0.05, 0.1) is 6.04 Å². The van der Waals surface area contributed by atoms with Gasteiger partial charge in [-0.15, -0.1) is 0 Å². The van der Waals surface area contributed by atoms with Crippen molar-refractivity contribution in [2.45, 2.75) is 29.4 Å². The summed E-state index contributed by atoms with van der Waals surface area (Å²) in [4.78, 5) is 21.7. The minimum atomic E-state index is -0.0925. The molecule has 0 radical (unpaired) electrons. The third kappa shape index (κ3) is 5.57. The molecule has 2 atom stereocenters. The molecule has 3 rings (SSSR count). The van der Waals surface area contributed by atoms with Crippen LogP contribution < -0.4 is 5.32 Å². The predicted molar refractivity (Wildman–Crippen MR) is 110 cm³/mol. The summed E-state index contributed by atoms with van der Waals surface area (Å²) in [5.41, 5.74) is 1.24. The zero-order chi connectivity index (χ0) is 19.2. The lowest BCUT2D eigenvalue weighted by Gasteiger charge is -2.24. The van der Waals surface area contributed by atoms with Crippen LogP contribution in [0.2, 0.25) is 0 Å². The van der Waals surface area contributed by atoms with E-state index in [9.17, 15) is 4.79 Å². The van der Waals surface area contributed by atoms with Crippen LogP contribution in [-0.2, 0) is 18.4 Å². The van der Waals surface area contributed by atoms with E-state index in [0.717, 1.165) is 31.2 Å². The van der Waals surface area contributed by atoms with E-state index in [1.54, 1.807) is 11.8 Å². The van der Waals surface area contributed by atoms with Crippen molar-refractivity contribution in [3.05, 3.63) is 48.3 Å². The molecule has 1 N–H and O–H groups in total. The Balaban J connectivity index is 1.66. The minimum Gasteiger partial charge on any atom is -0.353 e. The number of thioether (sulfide) groups is 1. The van der Waals surface area contributed by atoms with E-state index in [1.807, 2.05) is 44.2 Å². The Bertz CT molecular complexity index is 733. The summed E-state index contributed by atoms with van der Waals surface area (Å²) in [5, 5.41) is 4.48. The molecule has 0 unspecified atom stereocenters. The standard InChI is InChI=1S/C20H29N5OS/c1-23(2)11-9-21-19(26)18-13-17(27-20-22-10-12-24(20)3)15-25(18)14-16-7-5-4-6-8-16/h4-8,10,12,17-18H,9,11,13-15H2,1-3H3,(H,21,26)/t17-,18+/m1/s1. The van der Waals surface area contributed by atoms with Crippen molar-refractivity contribution in [2.24, 2.45) is 7.05 Å². The van der Waals surface area contributed by atoms with Crippen LogP contribution in [0.1, 0.15) is 12.0 Å². The van der Waals surface area contributed by atoms with E-state index < -0.39 is 0 Å². The van der Waals surface area contributed by atoms with E-state index in [4.69, 9.17) is 0 Å². The highest BCUT2D eigenvalue weighted by Crippen LogP contribution is 2.32. The summed E-state index contributed by atoms with van der Waals surface area (Å²) in [6.45, 7) is 3.21. The van der Waals surface area contributed by atoms with Crippen molar-refractivity contribution in [2.75, 3.05) is 33.7 Å². The molecule has 0 bridgehead atoms. The van der Waals surface area contributed by atoms with Crippen LogP contribution in [0.4, 0.5) is 0 Å². The molecule has 6 nitrogen and oxygen atoms in total. The Morgan fingerprint density at radius 2 is 2.11 bits per heavy atom. The van der Waals surface area contributed by atoms with Crippen molar-refractivity contribution in [3.63, 3.8) is 0 Å². The second-order valence-corrected chi connectivity index (χ2v) is 8.59. The Kier molecular flexibility index (Phi) is 6.93. The van der Waals surface area contributed by atoms with E-state index in [1.165, 1.54) is 5.56 Å². The average Bonchev–Trinajstić information content (AvgIpc) is 3.22. The summed E-state index contributed by atoms with van der Waals surface area (Å²) in [6.07, 6.45) is 4.63. The summed E-state index contributed by atoms with van der Waals surface area (Å²) in [6, 6.07) is 10.3. The molecule has 0 saturated carbocycles. The first kappa shape index (κ1) is 19.9. The molecular weight excluding hydrogens is 358 g/mol. The van der Waals surface area contributed by atoms with Crippen LogP contribution in [0.15, 0.2) is 47.9 Å². The summed E-state index contributed by atoms with van der Waals surface area (Å²) < 4.78 is 2.04. The Hall–Kier alpha value is -1.83. The number of nitrogens with one attached hydrogen (secondary N) is 1. The van der Waals surface area contributed by atoms with Gasteiger partial charge in [-0.3, -0.25) is 9.69 Å². The van der Waals surface area contributed by atoms with Crippen LogP contribution >= 0.6 is 11.8 Å². The van der Waals surface area contributed by atoms with Gasteiger partial charge >= 0.3 is 0 Å². The van der Waals surface area contributed by atoms with Gasteiger partial charge in [-0.05, 0) is 26.1 Å². The highest BCUT2D eigenvalue weighted by Gasteiger charge is 2.37. The highest BCUT2D eigenvalue weighted by molar-refractivity contribution is 7.99. The van der Waals surface area contributed by atoms with Crippen LogP contribution in [0.3, 0.4) is 0 Å². The lowest BCUT2D eigenvalue weighted by Crippen LogP contribution is -2.44. The van der Waals surface area contributed by atoms with Crippen molar-refractivity contribution in [3.8, 4) is 0 Å². The number of benzene rings is 1. The lowest BCUT2D eigenvalue weighted by atomic mass is 10.1. The molecular formula is C20H29N5OS. The maximum Gasteiger partial charge on any atom is 0.237 e. The number of amides is 1. The normalized spacial score (nSPS) is 20.3. The molecule has 146 valence electrons. The van der Waals surface area contributed by atoms with E-state index in [0.29, 0.717) is 11.8 Å². The van der Waals surface area contributed by atoms with Crippen LogP contribution in [-0.4, -0.2) is 70.3 Å². The molecule has 2 heterocycles. The van der Waals surface area contributed by atoms with Gasteiger partial charge in [0.1, 0.15) is 0 Å². The number of aromatic nitrogens is 2. The Morgan fingerprint density at radius 1 is 1.33 bits per heavy atom. The van der Waals surface area contributed by atoms with Crippen molar-refractivity contribution >= 4 is 17.7 Å². The molecule has 2 aromatic rings. The number of likely N-dealkylation sites (N-methyl/N-ethyl adjacent to an activating group) is 1. The van der Waals surface area contributed by atoms with Gasteiger partial charge < -0.3 is 14.8 Å². The number of imidazole rings is 1. The zero-order valence-electron chi connectivity index (χ0n) is 16.3. The van der Waals surface area contributed by atoms with Gasteiger partial charge in [0.25, 0.3) is 0 Å². The molecule has 1 aromatic heterocycles. The number of rotatable bonds is 8.